The number of rotatable bonds is 4. The van der Waals surface area contributed by atoms with Gasteiger partial charge in [0, 0.05) is 10.6 Å². The molecule has 6 nitrogen and oxygen atoms in total. The number of Topliss-reactive ketones (excluding diaryl/α,β-unsaturated/α-hetero) is 1. The van der Waals surface area contributed by atoms with Gasteiger partial charge in [0.25, 0.3) is 5.91 Å². The van der Waals surface area contributed by atoms with E-state index in [0.29, 0.717) is 27.6 Å². The van der Waals surface area contributed by atoms with E-state index in [2.05, 4.69) is 5.32 Å². The maximum absolute atomic E-state index is 12.2. The van der Waals surface area contributed by atoms with Gasteiger partial charge < -0.3 is 14.8 Å². The normalized spacial score (nSPS) is 12.6. The summed E-state index contributed by atoms with van der Waals surface area (Å²) in [5.41, 5.74) is 1.03. The van der Waals surface area contributed by atoms with Gasteiger partial charge in [-0.2, -0.15) is 0 Å². The Labute approximate surface area is 142 Å². The van der Waals surface area contributed by atoms with Gasteiger partial charge in [0.2, 0.25) is 0 Å². The molecule has 0 aromatic heterocycles. The van der Waals surface area contributed by atoms with E-state index in [4.69, 9.17) is 21.1 Å². The maximum Gasteiger partial charge on any atom is 0.338 e. The number of carbonyl (C=O) groups is 3. The quantitative estimate of drug-likeness (QED) is 0.680. The van der Waals surface area contributed by atoms with Gasteiger partial charge in [-0.1, -0.05) is 11.6 Å². The summed E-state index contributed by atoms with van der Waals surface area (Å²) in [7, 11) is 0. The van der Waals surface area contributed by atoms with E-state index in [9.17, 15) is 14.4 Å². The zero-order valence-corrected chi connectivity index (χ0v) is 13.1. The first-order chi connectivity index (χ1) is 11.5. The molecule has 1 aliphatic rings. The molecule has 3 rings (SSSR count). The highest BCUT2D eigenvalue weighted by atomic mass is 35.5. The van der Waals surface area contributed by atoms with Crippen molar-refractivity contribution in [3.05, 3.63) is 58.6 Å². The minimum Gasteiger partial charge on any atom is -0.482 e. The number of hydrogen-bond acceptors (Lipinski definition) is 5. The second-order valence-electron chi connectivity index (χ2n) is 5.05. The van der Waals surface area contributed by atoms with Gasteiger partial charge >= 0.3 is 5.97 Å². The summed E-state index contributed by atoms with van der Waals surface area (Å²) in [6, 6.07) is 10.8. The summed E-state index contributed by atoms with van der Waals surface area (Å²) >= 11 is 5.75. The Morgan fingerprint density at radius 3 is 2.58 bits per heavy atom. The van der Waals surface area contributed by atoms with Crippen LogP contribution in [0.5, 0.6) is 5.75 Å². The van der Waals surface area contributed by atoms with Gasteiger partial charge in [-0.25, -0.2) is 4.79 Å². The summed E-state index contributed by atoms with van der Waals surface area (Å²) in [4.78, 5) is 35.3. The van der Waals surface area contributed by atoms with E-state index < -0.39 is 12.6 Å². The molecule has 0 unspecified atom stereocenters. The Balaban J connectivity index is 1.65. The minimum absolute atomic E-state index is 0.0565. The van der Waals surface area contributed by atoms with Gasteiger partial charge in [-0.05, 0) is 42.5 Å². The van der Waals surface area contributed by atoms with Crippen LogP contribution >= 0.6 is 11.6 Å². The van der Waals surface area contributed by atoms with Crippen molar-refractivity contribution in [1.29, 1.82) is 0 Å². The first-order valence-corrected chi connectivity index (χ1v) is 7.43. The fourth-order valence-corrected chi connectivity index (χ4v) is 2.27. The zero-order chi connectivity index (χ0) is 17.1. The molecule has 7 heteroatoms. The number of anilines is 1. The highest BCUT2D eigenvalue weighted by molar-refractivity contribution is 6.30. The van der Waals surface area contributed by atoms with Crippen LogP contribution in [0.3, 0.4) is 0 Å². The van der Waals surface area contributed by atoms with Gasteiger partial charge in [0.1, 0.15) is 5.75 Å². The molecule has 0 aliphatic carbocycles. The molecule has 1 heterocycles. The maximum atomic E-state index is 12.2. The molecular weight excluding hydrogens is 334 g/mol. The number of amides is 1. The van der Waals surface area contributed by atoms with E-state index in [-0.39, 0.29) is 18.3 Å². The summed E-state index contributed by atoms with van der Waals surface area (Å²) < 4.78 is 10.2. The van der Waals surface area contributed by atoms with Crippen molar-refractivity contribution in [2.45, 2.75) is 0 Å². The molecule has 2 aromatic carbocycles. The summed E-state index contributed by atoms with van der Waals surface area (Å²) in [5, 5.41) is 3.12. The highest BCUT2D eigenvalue weighted by Gasteiger charge is 2.18. The monoisotopic (exact) mass is 345 g/mol. The van der Waals surface area contributed by atoms with Crippen LogP contribution in [0.25, 0.3) is 0 Å². The number of carbonyl (C=O) groups excluding carboxylic acids is 3. The number of halogens is 1. The predicted molar refractivity (Wildman–Crippen MR) is 86.6 cm³/mol. The summed E-state index contributed by atoms with van der Waals surface area (Å²) in [5.74, 6) is -0.805. The van der Waals surface area contributed by atoms with Crippen molar-refractivity contribution in [2.24, 2.45) is 0 Å². The number of ether oxygens (including phenoxy) is 2. The van der Waals surface area contributed by atoms with Crippen LogP contribution in [0.15, 0.2) is 42.5 Å². The van der Waals surface area contributed by atoms with Gasteiger partial charge in [0.15, 0.2) is 19.0 Å². The second-order valence-corrected chi connectivity index (χ2v) is 5.49. The van der Waals surface area contributed by atoms with E-state index in [1.54, 1.807) is 24.3 Å². The van der Waals surface area contributed by atoms with Crippen LogP contribution in [-0.4, -0.2) is 30.9 Å². The van der Waals surface area contributed by atoms with Gasteiger partial charge in [-0.3, -0.25) is 9.59 Å². The molecular formula is C17H12ClNO5. The van der Waals surface area contributed by atoms with Gasteiger partial charge in [-0.15, -0.1) is 0 Å². The average molecular weight is 346 g/mol. The predicted octanol–water partition coefficient (Wildman–Crippen LogP) is 2.71. The second kappa shape index (κ2) is 6.72. The molecule has 1 N–H and O–H groups in total. The molecule has 1 amide bonds. The Morgan fingerprint density at radius 1 is 1.12 bits per heavy atom. The fourth-order valence-electron chi connectivity index (χ4n) is 2.14. The minimum atomic E-state index is -0.616. The first-order valence-electron chi connectivity index (χ1n) is 7.05. The first kappa shape index (κ1) is 16.0. The van der Waals surface area contributed by atoms with Crippen molar-refractivity contribution in [2.75, 3.05) is 18.5 Å². The van der Waals surface area contributed by atoms with Crippen molar-refractivity contribution in [3.8, 4) is 5.75 Å². The Kier molecular flexibility index (Phi) is 4.48. The molecule has 1 aliphatic heterocycles. The van der Waals surface area contributed by atoms with Gasteiger partial charge in [0.05, 0.1) is 11.3 Å². The van der Waals surface area contributed by atoms with E-state index >= 15 is 0 Å². The van der Waals surface area contributed by atoms with E-state index in [1.807, 2.05) is 0 Å². The third-order valence-corrected chi connectivity index (χ3v) is 3.60. The molecule has 0 saturated heterocycles. The zero-order valence-electron chi connectivity index (χ0n) is 12.4. The molecule has 122 valence electrons. The third kappa shape index (κ3) is 3.55. The average Bonchev–Trinajstić information content (AvgIpc) is 2.59. The third-order valence-electron chi connectivity index (χ3n) is 3.35. The standard InChI is InChI=1S/C17H12ClNO5/c18-12-4-1-10(2-5-12)17(22)24-8-14(20)11-3-6-15-13(7-11)19-16(21)9-23-15/h1-7H,8-9H2,(H,19,21). The van der Waals surface area contributed by atoms with Crippen molar-refractivity contribution < 1.29 is 23.9 Å². The number of esters is 1. The summed E-state index contributed by atoms with van der Waals surface area (Å²) in [6.45, 7) is -0.464. The molecule has 24 heavy (non-hydrogen) atoms. The van der Waals surface area contributed by atoms with Crippen molar-refractivity contribution >= 4 is 34.9 Å². The number of ketones is 1. The molecule has 0 atom stereocenters. The van der Waals surface area contributed by atoms with E-state index in [0.717, 1.165) is 0 Å². The van der Waals surface area contributed by atoms with E-state index in [1.165, 1.54) is 18.2 Å². The van der Waals surface area contributed by atoms with Crippen LogP contribution in [0.4, 0.5) is 5.69 Å². The molecule has 0 bridgehead atoms. The van der Waals surface area contributed by atoms with Crippen molar-refractivity contribution in [3.63, 3.8) is 0 Å². The molecule has 2 aromatic rings. The van der Waals surface area contributed by atoms with Crippen LogP contribution in [0, 0.1) is 0 Å². The summed E-state index contributed by atoms with van der Waals surface area (Å²) in [6.07, 6.45) is 0. The smallest absolute Gasteiger partial charge is 0.338 e. The lowest BCUT2D eigenvalue weighted by Crippen LogP contribution is -2.25. The Hall–Kier alpha value is -2.86. The van der Waals surface area contributed by atoms with Crippen LogP contribution in [0.2, 0.25) is 5.02 Å². The molecule has 0 saturated carbocycles. The molecule has 0 radical (unpaired) electrons. The van der Waals surface area contributed by atoms with Crippen LogP contribution in [-0.2, 0) is 9.53 Å². The molecule has 0 fully saturated rings. The Bertz CT molecular complexity index is 816. The SMILES string of the molecule is O=C1COc2ccc(C(=O)COC(=O)c3ccc(Cl)cc3)cc2N1. The Morgan fingerprint density at radius 2 is 1.83 bits per heavy atom. The number of nitrogens with one attached hydrogen (secondary N) is 1. The number of fused-ring (bicyclic) bond motifs is 1. The lowest BCUT2D eigenvalue weighted by Gasteiger charge is -2.18. The number of benzene rings is 2. The highest BCUT2D eigenvalue weighted by Crippen LogP contribution is 2.28. The number of hydrogen-bond donors (Lipinski definition) is 1. The topological polar surface area (TPSA) is 81.7 Å². The lowest BCUT2D eigenvalue weighted by atomic mass is 10.1. The fraction of sp³-hybridized carbons (Fsp3) is 0.118. The van der Waals surface area contributed by atoms with Crippen LogP contribution < -0.4 is 10.1 Å². The lowest BCUT2D eigenvalue weighted by molar-refractivity contribution is -0.118. The molecule has 0 spiro atoms. The van der Waals surface area contributed by atoms with Crippen molar-refractivity contribution in [1.82, 2.24) is 0 Å². The van der Waals surface area contributed by atoms with Crippen LogP contribution in [0.1, 0.15) is 20.7 Å². The largest absolute Gasteiger partial charge is 0.482 e.